The van der Waals surface area contributed by atoms with E-state index >= 15 is 0 Å². The number of nitrogens with one attached hydrogen (secondary N) is 1. The van der Waals surface area contributed by atoms with Gasteiger partial charge < -0.3 is 11.1 Å². The van der Waals surface area contributed by atoms with Crippen LogP contribution in [0.4, 0.5) is 0 Å². The Hall–Kier alpha value is -1.39. The van der Waals surface area contributed by atoms with Crippen LogP contribution in [0.15, 0.2) is 40.9 Å². The minimum Gasteiger partial charge on any atom is -0.376 e. The highest BCUT2D eigenvalue weighted by molar-refractivity contribution is 9.10. The van der Waals surface area contributed by atoms with Gasteiger partial charge >= 0.3 is 0 Å². The fourth-order valence-corrected chi connectivity index (χ4v) is 3.75. The second-order valence-corrected chi connectivity index (χ2v) is 7.10. The van der Waals surface area contributed by atoms with E-state index in [0.29, 0.717) is 5.11 Å². The van der Waals surface area contributed by atoms with Gasteiger partial charge in [-0.15, -0.1) is 0 Å². The van der Waals surface area contributed by atoms with Crippen LogP contribution in [0.2, 0.25) is 0 Å². The highest BCUT2D eigenvalue weighted by atomic mass is 79.9. The average molecular weight is 375 g/mol. The van der Waals surface area contributed by atoms with Crippen LogP contribution in [0.3, 0.4) is 0 Å². The third-order valence-electron chi connectivity index (χ3n) is 4.16. The normalized spacial score (nSPS) is 13.4. The molecular formula is C18H19BrN2S. The van der Waals surface area contributed by atoms with E-state index in [9.17, 15) is 0 Å². The number of benzene rings is 2. The van der Waals surface area contributed by atoms with Gasteiger partial charge in [-0.2, -0.15) is 0 Å². The van der Waals surface area contributed by atoms with Crippen molar-refractivity contribution in [3.05, 3.63) is 57.6 Å². The number of halogens is 1. The first-order chi connectivity index (χ1) is 10.6. The number of hydrogen-bond acceptors (Lipinski definition) is 1. The van der Waals surface area contributed by atoms with E-state index in [1.807, 2.05) is 0 Å². The van der Waals surface area contributed by atoms with E-state index in [1.165, 1.54) is 27.8 Å². The SMILES string of the molecule is CCCC(NC(N)=S)c1ccc2c(c1)Cc1cc(Br)ccc1-2. The first-order valence-electron chi connectivity index (χ1n) is 7.56. The molecule has 0 aliphatic heterocycles. The van der Waals surface area contributed by atoms with Crippen molar-refractivity contribution in [3.8, 4) is 11.1 Å². The molecule has 0 saturated heterocycles. The summed E-state index contributed by atoms with van der Waals surface area (Å²) in [6.07, 6.45) is 3.10. The summed E-state index contributed by atoms with van der Waals surface area (Å²) in [7, 11) is 0. The van der Waals surface area contributed by atoms with Crippen molar-refractivity contribution in [1.82, 2.24) is 5.32 Å². The Morgan fingerprint density at radius 1 is 1.23 bits per heavy atom. The molecule has 1 aliphatic rings. The summed E-state index contributed by atoms with van der Waals surface area (Å²) in [6, 6.07) is 13.4. The van der Waals surface area contributed by atoms with Crippen molar-refractivity contribution in [2.24, 2.45) is 5.73 Å². The molecule has 0 bridgehead atoms. The minimum atomic E-state index is 0.197. The monoisotopic (exact) mass is 374 g/mol. The van der Waals surface area contributed by atoms with Crippen LogP contribution in [0.1, 0.15) is 42.5 Å². The summed E-state index contributed by atoms with van der Waals surface area (Å²) < 4.78 is 1.14. The van der Waals surface area contributed by atoms with E-state index in [0.717, 1.165) is 23.7 Å². The fraction of sp³-hybridized carbons (Fsp3) is 0.278. The molecular weight excluding hydrogens is 356 g/mol. The van der Waals surface area contributed by atoms with Crippen molar-refractivity contribution >= 4 is 33.3 Å². The predicted molar refractivity (Wildman–Crippen MR) is 100.0 cm³/mol. The molecule has 114 valence electrons. The summed E-state index contributed by atoms with van der Waals surface area (Å²) in [5.41, 5.74) is 12.4. The molecule has 3 N–H and O–H groups in total. The van der Waals surface area contributed by atoms with Gasteiger partial charge in [0.25, 0.3) is 0 Å². The van der Waals surface area contributed by atoms with Gasteiger partial charge in [-0.25, -0.2) is 0 Å². The van der Waals surface area contributed by atoms with Gasteiger partial charge in [0.05, 0.1) is 6.04 Å². The Morgan fingerprint density at radius 2 is 1.91 bits per heavy atom. The number of thiocarbonyl (C=S) groups is 1. The molecule has 0 saturated carbocycles. The predicted octanol–water partition coefficient (Wildman–Crippen LogP) is 4.69. The molecule has 4 heteroatoms. The number of fused-ring (bicyclic) bond motifs is 3. The molecule has 0 radical (unpaired) electrons. The Balaban J connectivity index is 1.94. The molecule has 1 atom stereocenters. The molecule has 0 aromatic heterocycles. The van der Waals surface area contributed by atoms with E-state index in [2.05, 4.69) is 64.6 Å². The maximum Gasteiger partial charge on any atom is 0.164 e. The topological polar surface area (TPSA) is 38.0 Å². The summed E-state index contributed by atoms with van der Waals surface area (Å²) in [5.74, 6) is 0. The Bertz CT molecular complexity index is 727. The molecule has 22 heavy (non-hydrogen) atoms. The van der Waals surface area contributed by atoms with Crippen LogP contribution in [-0.2, 0) is 6.42 Å². The lowest BCUT2D eigenvalue weighted by atomic mass is 9.97. The molecule has 2 aromatic carbocycles. The smallest absolute Gasteiger partial charge is 0.164 e. The van der Waals surface area contributed by atoms with Crippen LogP contribution in [-0.4, -0.2) is 5.11 Å². The first kappa shape index (κ1) is 15.5. The van der Waals surface area contributed by atoms with Crippen molar-refractivity contribution in [2.75, 3.05) is 0 Å². The van der Waals surface area contributed by atoms with Gasteiger partial charge in [0, 0.05) is 4.47 Å². The molecule has 2 nitrogen and oxygen atoms in total. The van der Waals surface area contributed by atoms with Crippen molar-refractivity contribution in [3.63, 3.8) is 0 Å². The molecule has 3 rings (SSSR count). The third-order valence-corrected chi connectivity index (χ3v) is 4.77. The summed E-state index contributed by atoms with van der Waals surface area (Å²) in [6.45, 7) is 2.18. The average Bonchev–Trinajstić information content (AvgIpc) is 2.82. The third kappa shape index (κ3) is 3.03. The lowest BCUT2D eigenvalue weighted by Gasteiger charge is -2.19. The van der Waals surface area contributed by atoms with Gasteiger partial charge in [0.1, 0.15) is 0 Å². The molecule has 0 heterocycles. The molecule has 1 unspecified atom stereocenters. The van der Waals surface area contributed by atoms with E-state index in [4.69, 9.17) is 18.0 Å². The number of hydrogen-bond donors (Lipinski definition) is 2. The van der Waals surface area contributed by atoms with Gasteiger partial charge in [0.15, 0.2) is 5.11 Å². The molecule has 1 aliphatic carbocycles. The van der Waals surface area contributed by atoms with E-state index in [-0.39, 0.29) is 6.04 Å². The molecule has 2 aromatic rings. The fourth-order valence-electron chi connectivity index (χ4n) is 3.20. The minimum absolute atomic E-state index is 0.197. The summed E-state index contributed by atoms with van der Waals surface area (Å²) in [5, 5.41) is 3.59. The lowest BCUT2D eigenvalue weighted by molar-refractivity contribution is 0.582. The standard InChI is InChI=1S/C18H19BrN2S/c1-2-3-17(21-18(20)22)11-4-6-15-12(8-11)9-13-10-14(19)5-7-16(13)15/h4-8,10,17H,2-3,9H2,1H3,(H3,20,21,22). The van der Waals surface area contributed by atoms with E-state index < -0.39 is 0 Å². The zero-order valence-corrected chi connectivity index (χ0v) is 14.9. The maximum atomic E-state index is 5.67. The maximum absolute atomic E-state index is 5.67. The summed E-state index contributed by atoms with van der Waals surface area (Å²) in [4.78, 5) is 0. The second-order valence-electron chi connectivity index (χ2n) is 5.74. The molecule has 0 amide bonds. The second kappa shape index (κ2) is 6.39. The van der Waals surface area contributed by atoms with Gasteiger partial charge in [-0.05, 0) is 65.0 Å². The van der Waals surface area contributed by atoms with Crippen molar-refractivity contribution in [1.29, 1.82) is 0 Å². The Morgan fingerprint density at radius 3 is 2.59 bits per heavy atom. The first-order valence-corrected chi connectivity index (χ1v) is 8.76. The van der Waals surface area contributed by atoms with Crippen LogP contribution in [0.5, 0.6) is 0 Å². The number of nitrogens with two attached hydrogens (primary N) is 1. The van der Waals surface area contributed by atoms with Crippen molar-refractivity contribution < 1.29 is 0 Å². The quantitative estimate of drug-likeness (QED) is 0.650. The van der Waals surface area contributed by atoms with Crippen LogP contribution < -0.4 is 11.1 Å². The highest BCUT2D eigenvalue weighted by Gasteiger charge is 2.20. The largest absolute Gasteiger partial charge is 0.376 e. The van der Waals surface area contributed by atoms with E-state index in [1.54, 1.807) is 0 Å². The van der Waals surface area contributed by atoms with Crippen LogP contribution in [0.25, 0.3) is 11.1 Å². The number of rotatable bonds is 4. The van der Waals surface area contributed by atoms with Gasteiger partial charge in [-0.1, -0.05) is 53.5 Å². The Labute approximate surface area is 145 Å². The molecule has 0 spiro atoms. The zero-order chi connectivity index (χ0) is 15.7. The van der Waals surface area contributed by atoms with Crippen molar-refractivity contribution in [2.45, 2.75) is 32.2 Å². The highest BCUT2D eigenvalue weighted by Crippen LogP contribution is 2.39. The lowest BCUT2D eigenvalue weighted by Crippen LogP contribution is -2.32. The Kier molecular flexibility index (Phi) is 4.50. The van der Waals surface area contributed by atoms with Gasteiger partial charge in [-0.3, -0.25) is 0 Å². The van der Waals surface area contributed by atoms with Crippen LogP contribution in [0, 0.1) is 0 Å². The van der Waals surface area contributed by atoms with Crippen LogP contribution >= 0.6 is 28.1 Å². The summed E-state index contributed by atoms with van der Waals surface area (Å²) >= 11 is 8.57. The molecule has 0 fully saturated rings. The zero-order valence-electron chi connectivity index (χ0n) is 12.5. The van der Waals surface area contributed by atoms with Gasteiger partial charge in [0.2, 0.25) is 0 Å².